The van der Waals surface area contributed by atoms with Crippen LogP contribution in [-0.2, 0) is 21.1 Å². The maximum Gasteiger partial charge on any atom is 0.252 e. The molecule has 0 radical (unpaired) electrons. The van der Waals surface area contributed by atoms with E-state index in [0.29, 0.717) is 34.4 Å². The largest absolute Gasteiger partial charge is 0.509 e. The van der Waals surface area contributed by atoms with Gasteiger partial charge in [-0.05, 0) is 96.2 Å². The first-order valence-corrected chi connectivity index (χ1v) is 20.9. The van der Waals surface area contributed by atoms with Crippen molar-refractivity contribution in [1.82, 2.24) is 4.98 Å². The van der Waals surface area contributed by atoms with Gasteiger partial charge in [0.1, 0.15) is 5.82 Å². The molecule has 0 spiro atoms. The van der Waals surface area contributed by atoms with Crippen LogP contribution in [0.5, 0.6) is 11.5 Å². The van der Waals surface area contributed by atoms with Crippen molar-refractivity contribution in [3.8, 4) is 11.5 Å². The van der Waals surface area contributed by atoms with E-state index < -0.39 is 6.98 Å². The Labute approximate surface area is 392 Å². The number of rotatable bonds is 8. The first-order valence-electron chi connectivity index (χ1n) is 22.4. The first-order chi connectivity index (χ1) is 32.4. The van der Waals surface area contributed by atoms with Gasteiger partial charge in [-0.3, -0.25) is 0 Å². The molecular formula is C55H38BN6OPt-3. The third-order valence-electron chi connectivity index (χ3n) is 11.9. The van der Waals surface area contributed by atoms with E-state index in [0.717, 1.165) is 45.5 Å². The number of hydrogen-bond acceptors (Lipinski definition) is 7. The van der Waals surface area contributed by atoms with Crippen LogP contribution in [0.3, 0.4) is 0 Å². The molecule has 0 unspecified atom stereocenters. The average molecular weight is 1010 g/mol. The molecule has 3 aliphatic heterocycles. The molecule has 8 aromatic carbocycles. The Bertz CT molecular complexity index is 3160. The van der Waals surface area contributed by atoms with Crippen LogP contribution >= 0.6 is 0 Å². The summed E-state index contributed by atoms with van der Waals surface area (Å²) in [7, 11) is 0. The van der Waals surface area contributed by atoms with Crippen LogP contribution in [0.15, 0.2) is 206 Å². The van der Waals surface area contributed by atoms with Crippen molar-refractivity contribution in [3.63, 3.8) is 0 Å². The minimum atomic E-state index is -2.36. The number of nitrogens with zero attached hydrogens (tertiary/aromatic N) is 6. The maximum absolute atomic E-state index is 8.17. The summed E-state index contributed by atoms with van der Waals surface area (Å²) >= 11 is 0. The van der Waals surface area contributed by atoms with Crippen LogP contribution in [-0.4, -0.2) is 18.7 Å². The normalized spacial score (nSPS) is 13.9. The monoisotopic (exact) mass is 1010 g/mol. The van der Waals surface area contributed by atoms with E-state index in [-0.39, 0.29) is 27.8 Å². The van der Waals surface area contributed by atoms with Crippen molar-refractivity contribution < 1.29 is 29.9 Å². The van der Waals surface area contributed by atoms with Crippen molar-refractivity contribution in [2.45, 2.75) is 0 Å². The molecule has 0 bridgehead atoms. The summed E-state index contributed by atoms with van der Waals surface area (Å²) in [5.41, 5.74) is 13.7. The Morgan fingerprint density at radius 2 is 1.12 bits per heavy atom. The molecule has 7 nitrogen and oxygen atoms in total. The molecule has 4 heterocycles. The molecule has 1 aromatic heterocycles. The second-order valence-corrected chi connectivity index (χ2v) is 15.6. The van der Waals surface area contributed by atoms with Crippen LogP contribution in [0, 0.1) is 18.8 Å². The molecule has 0 amide bonds. The van der Waals surface area contributed by atoms with E-state index in [9.17, 15) is 0 Å². The number of aromatic nitrogens is 1. The molecule has 64 heavy (non-hydrogen) atoms. The fourth-order valence-corrected chi connectivity index (χ4v) is 9.29. The molecular weight excluding hydrogens is 967 g/mol. The van der Waals surface area contributed by atoms with Crippen LogP contribution in [0.25, 0.3) is 0 Å². The van der Waals surface area contributed by atoms with Gasteiger partial charge in [0, 0.05) is 94.1 Å². The average Bonchev–Trinajstić information content (AvgIpc) is 3.76. The smallest absolute Gasteiger partial charge is 0.252 e. The van der Waals surface area contributed by atoms with Gasteiger partial charge in [-0.1, -0.05) is 96.7 Å². The summed E-state index contributed by atoms with van der Waals surface area (Å²) in [5, 5.41) is 0. The molecule has 310 valence electrons. The Hall–Kier alpha value is -7.54. The van der Waals surface area contributed by atoms with E-state index in [1.54, 1.807) is 12.7 Å². The van der Waals surface area contributed by atoms with Crippen LogP contribution < -0.4 is 45.6 Å². The minimum absolute atomic E-state index is 0. The Morgan fingerprint density at radius 1 is 0.562 bits per heavy atom. The standard InChI is InChI=1S/C55H38BN6O.Pt/c1-58-38-59(51-31-13-12-30-50(51)58)41-22-16-24-44(34-41)63-45-25-17-23-42(35-45)60(54-32-14-15-33-57-54)43-36-52-55-53(37-43)62(40-20-6-3-7-21-40)49-29-11-9-27-47(49)56(55)46-26-8-10-28-48(46)61(52)39-18-4-2-5-19-39;/h2-33,36-38H,1H3;/q-3;/i1D3;. The third kappa shape index (κ3) is 6.61. The summed E-state index contributed by atoms with van der Waals surface area (Å²) in [4.78, 5) is 15.0. The van der Waals surface area contributed by atoms with Gasteiger partial charge < -0.3 is 29.2 Å². The summed E-state index contributed by atoms with van der Waals surface area (Å²) in [6.45, 7) is -0.799. The maximum atomic E-state index is 8.17. The van der Waals surface area contributed by atoms with Crippen LogP contribution in [0.1, 0.15) is 4.11 Å². The van der Waals surface area contributed by atoms with E-state index >= 15 is 0 Å². The predicted molar refractivity (Wildman–Crippen MR) is 258 cm³/mol. The fourth-order valence-electron chi connectivity index (χ4n) is 9.29. The van der Waals surface area contributed by atoms with Gasteiger partial charge in [0.2, 0.25) is 0 Å². The number of hydrogen-bond donors (Lipinski definition) is 0. The zero-order chi connectivity index (χ0) is 44.4. The molecule has 0 atom stereocenters. The SMILES string of the molecule is [2H]C([2H])([2H])N1[CH-]N(c2[c-]c(Oc3[c-]c(N(c4cc5c6c(c4)N(c4ccccc4)c4ccccc4B6c4ccccc4N5c4ccccc4)c4ccccn4)ccc3)ccc2)c2ccccc21.[Pt]. The first kappa shape index (κ1) is 36.0. The van der Waals surface area contributed by atoms with E-state index in [4.69, 9.17) is 13.8 Å². The van der Waals surface area contributed by atoms with Gasteiger partial charge in [-0.2, -0.15) is 18.8 Å². The second kappa shape index (κ2) is 16.3. The summed E-state index contributed by atoms with van der Waals surface area (Å²) in [5.74, 6) is 1.62. The molecule has 0 saturated carbocycles. The van der Waals surface area contributed by atoms with Gasteiger partial charge in [-0.15, -0.1) is 42.1 Å². The molecule has 0 fully saturated rings. The van der Waals surface area contributed by atoms with Crippen LogP contribution in [0.2, 0.25) is 0 Å². The predicted octanol–water partition coefficient (Wildman–Crippen LogP) is 11.7. The third-order valence-corrected chi connectivity index (χ3v) is 11.9. The molecule has 12 rings (SSSR count). The van der Waals surface area contributed by atoms with Crippen molar-refractivity contribution in [1.29, 1.82) is 0 Å². The van der Waals surface area contributed by atoms with E-state index in [1.807, 2.05) is 83.9 Å². The van der Waals surface area contributed by atoms with Gasteiger partial charge in [-0.25, -0.2) is 4.98 Å². The van der Waals surface area contributed by atoms with Gasteiger partial charge in [0.05, 0.1) is 0 Å². The van der Waals surface area contributed by atoms with Crippen molar-refractivity contribution in [3.05, 3.63) is 225 Å². The summed E-state index contributed by atoms with van der Waals surface area (Å²) in [6, 6.07) is 75.0. The van der Waals surface area contributed by atoms with Crippen molar-refractivity contribution >= 4 is 91.5 Å². The van der Waals surface area contributed by atoms with Crippen molar-refractivity contribution in [2.24, 2.45) is 0 Å². The topological polar surface area (TPSA) is 38.3 Å². The van der Waals surface area contributed by atoms with Crippen molar-refractivity contribution in [2.75, 3.05) is 31.5 Å². The van der Waals surface area contributed by atoms with E-state index in [1.165, 1.54) is 21.3 Å². The molecule has 3 aliphatic rings. The van der Waals surface area contributed by atoms with Gasteiger partial charge >= 0.3 is 0 Å². The number of para-hydroxylation sites is 6. The number of benzene rings is 8. The summed E-state index contributed by atoms with van der Waals surface area (Å²) < 4.78 is 31.1. The number of anilines is 12. The molecule has 9 heteroatoms. The Balaban J connectivity index is 0.00000494. The number of pyridine rings is 1. The quantitative estimate of drug-likeness (QED) is 0.111. The zero-order valence-corrected chi connectivity index (χ0v) is 36.5. The number of ether oxygens (including phenoxy) is 1. The fraction of sp³-hybridized carbons (Fsp3) is 0.0182. The van der Waals surface area contributed by atoms with E-state index in [2.05, 4.69) is 148 Å². The molecule has 9 aromatic rings. The number of fused-ring (bicyclic) bond motifs is 5. The Kier molecular flexibility index (Phi) is 9.17. The summed E-state index contributed by atoms with van der Waals surface area (Å²) in [6.07, 6.45) is 1.81. The molecule has 0 saturated heterocycles. The minimum Gasteiger partial charge on any atom is -0.509 e. The molecule has 0 N–H and O–H groups in total. The van der Waals surface area contributed by atoms with Gasteiger partial charge in [0.25, 0.3) is 6.71 Å². The van der Waals surface area contributed by atoms with Gasteiger partial charge in [0.15, 0.2) is 0 Å². The van der Waals surface area contributed by atoms with Crippen LogP contribution in [0.4, 0.5) is 68.4 Å². The Morgan fingerprint density at radius 3 is 1.75 bits per heavy atom. The zero-order valence-electron chi connectivity index (χ0n) is 37.2. The molecule has 0 aliphatic carbocycles. The second-order valence-electron chi connectivity index (χ2n) is 15.6.